The van der Waals surface area contributed by atoms with E-state index in [2.05, 4.69) is 44.0 Å². The summed E-state index contributed by atoms with van der Waals surface area (Å²) in [6.45, 7) is 12.0. The van der Waals surface area contributed by atoms with E-state index in [4.69, 9.17) is 4.42 Å². The summed E-state index contributed by atoms with van der Waals surface area (Å²) in [5.74, 6) is 1.10. The first kappa shape index (κ1) is 16.6. The van der Waals surface area contributed by atoms with E-state index in [1.54, 1.807) is 0 Å². The van der Waals surface area contributed by atoms with Crippen molar-refractivity contribution in [2.45, 2.75) is 84.5 Å². The first-order valence-electron chi connectivity index (χ1n) is 8.54. The van der Waals surface area contributed by atoms with Crippen LogP contribution in [-0.2, 0) is 13.1 Å². The van der Waals surface area contributed by atoms with Crippen LogP contribution in [0.4, 0.5) is 0 Å². The lowest BCUT2D eigenvalue weighted by Gasteiger charge is -2.29. The predicted molar refractivity (Wildman–Crippen MR) is 88.3 cm³/mol. The lowest BCUT2D eigenvalue weighted by molar-refractivity contribution is 0.184. The van der Waals surface area contributed by atoms with Crippen LogP contribution in [0.2, 0.25) is 0 Å². The molecule has 1 N–H and O–H groups in total. The van der Waals surface area contributed by atoms with E-state index in [-0.39, 0.29) is 5.54 Å². The highest BCUT2D eigenvalue weighted by Crippen LogP contribution is 2.23. The highest BCUT2D eigenvalue weighted by molar-refractivity contribution is 5.17. The zero-order valence-electron chi connectivity index (χ0n) is 14.2. The van der Waals surface area contributed by atoms with Gasteiger partial charge in [-0.25, -0.2) is 0 Å². The topological polar surface area (TPSA) is 28.4 Å². The summed E-state index contributed by atoms with van der Waals surface area (Å²) >= 11 is 0. The van der Waals surface area contributed by atoms with Crippen LogP contribution in [0.1, 0.15) is 71.1 Å². The second kappa shape index (κ2) is 7.46. The van der Waals surface area contributed by atoms with Crippen molar-refractivity contribution in [1.29, 1.82) is 0 Å². The molecule has 21 heavy (non-hydrogen) atoms. The predicted octanol–water partition coefficient (Wildman–Crippen LogP) is 4.32. The van der Waals surface area contributed by atoms with Gasteiger partial charge < -0.3 is 9.73 Å². The van der Waals surface area contributed by atoms with E-state index in [1.807, 2.05) is 6.26 Å². The molecule has 1 aliphatic heterocycles. The standard InChI is InChI=1S/C18H32N2O/c1-5-16-9-7-6-8-11-20(16)14-15-10-12-21-17(15)13-19-18(2,3)4/h10,12,16,19H,5-9,11,13-14H2,1-4H3. The highest BCUT2D eigenvalue weighted by atomic mass is 16.3. The van der Waals surface area contributed by atoms with Crippen LogP contribution in [0.3, 0.4) is 0 Å². The minimum absolute atomic E-state index is 0.124. The molecule has 0 amide bonds. The number of likely N-dealkylation sites (tertiary alicyclic amines) is 1. The second-order valence-electron chi connectivity index (χ2n) is 7.35. The summed E-state index contributed by atoms with van der Waals surface area (Å²) in [6, 6.07) is 2.89. The van der Waals surface area contributed by atoms with Crippen LogP contribution in [0, 0.1) is 0 Å². The Morgan fingerprint density at radius 3 is 2.81 bits per heavy atom. The molecule has 1 saturated heterocycles. The number of rotatable bonds is 5. The molecule has 1 aromatic rings. The SMILES string of the molecule is CCC1CCCCCN1Cc1ccoc1CNC(C)(C)C. The summed E-state index contributed by atoms with van der Waals surface area (Å²) in [6.07, 6.45) is 8.56. The van der Waals surface area contributed by atoms with Crippen LogP contribution in [0.15, 0.2) is 16.7 Å². The maximum absolute atomic E-state index is 5.71. The molecular weight excluding hydrogens is 260 g/mol. The van der Waals surface area contributed by atoms with Gasteiger partial charge in [0, 0.05) is 23.7 Å². The van der Waals surface area contributed by atoms with E-state index in [1.165, 1.54) is 44.2 Å². The summed E-state index contributed by atoms with van der Waals surface area (Å²) in [5.41, 5.74) is 1.48. The Bertz CT molecular complexity index is 419. The Balaban J connectivity index is 1.99. The van der Waals surface area contributed by atoms with Gasteiger partial charge in [-0.3, -0.25) is 4.90 Å². The molecule has 0 radical (unpaired) electrons. The van der Waals surface area contributed by atoms with Crippen molar-refractivity contribution in [3.63, 3.8) is 0 Å². The van der Waals surface area contributed by atoms with Gasteiger partial charge in [0.15, 0.2) is 0 Å². The highest BCUT2D eigenvalue weighted by Gasteiger charge is 2.21. The molecule has 3 nitrogen and oxygen atoms in total. The number of hydrogen-bond acceptors (Lipinski definition) is 3. The Morgan fingerprint density at radius 2 is 2.10 bits per heavy atom. The quantitative estimate of drug-likeness (QED) is 0.876. The number of nitrogens with zero attached hydrogens (tertiary/aromatic N) is 1. The van der Waals surface area contributed by atoms with Crippen molar-refractivity contribution in [2.75, 3.05) is 6.54 Å². The van der Waals surface area contributed by atoms with E-state index in [9.17, 15) is 0 Å². The Morgan fingerprint density at radius 1 is 1.29 bits per heavy atom. The Labute approximate surface area is 130 Å². The Hall–Kier alpha value is -0.800. The van der Waals surface area contributed by atoms with Crippen molar-refractivity contribution in [2.24, 2.45) is 0 Å². The summed E-state index contributed by atoms with van der Waals surface area (Å²) < 4.78 is 5.71. The van der Waals surface area contributed by atoms with Gasteiger partial charge >= 0.3 is 0 Å². The molecule has 120 valence electrons. The van der Waals surface area contributed by atoms with Crippen molar-refractivity contribution in [3.05, 3.63) is 23.7 Å². The largest absolute Gasteiger partial charge is 0.468 e. The molecule has 1 aliphatic rings. The lowest BCUT2D eigenvalue weighted by Crippen LogP contribution is -2.36. The average Bonchev–Trinajstić information content (AvgIpc) is 2.73. The molecule has 1 atom stereocenters. The van der Waals surface area contributed by atoms with Crippen molar-refractivity contribution in [1.82, 2.24) is 10.2 Å². The molecule has 1 aromatic heterocycles. The fourth-order valence-corrected chi connectivity index (χ4v) is 3.13. The summed E-state index contributed by atoms with van der Waals surface area (Å²) in [7, 11) is 0. The third-order valence-electron chi connectivity index (χ3n) is 4.46. The van der Waals surface area contributed by atoms with Crippen molar-refractivity contribution in [3.8, 4) is 0 Å². The minimum atomic E-state index is 0.124. The molecule has 0 bridgehead atoms. The maximum atomic E-state index is 5.71. The van der Waals surface area contributed by atoms with Crippen LogP contribution < -0.4 is 5.32 Å². The van der Waals surface area contributed by atoms with Gasteiger partial charge in [-0.05, 0) is 52.6 Å². The third-order valence-corrected chi connectivity index (χ3v) is 4.46. The van der Waals surface area contributed by atoms with E-state index in [0.29, 0.717) is 0 Å². The molecule has 2 rings (SSSR count). The molecule has 0 saturated carbocycles. The van der Waals surface area contributed by atoms with Gasteiger partial charge in [0.2, 0.25) is 0 Å². The van der Waals surface area contributed by atoms with Crippen molar-refractivity contribution >= 4 is 0 Å². The smallest absolute Gasteiger partial charge is 0.122 e. The molecule has 0 aromatic carbocycles. The minimum Gasteiger partial charge on any atom is -0.468 e. The van der Waals surface area contributed by atoms with Gasteiger partial charge in [-0.1, -0.05) is 19.8 Å². The summed E-state index contributed by atoms with van der Waals surface area (Å²) in [5, 5.41) is 3.53. The third kappa shape index (κ3) is 5.15. The fourth-order valence-electron chi connectivity index (χ4n) is 3.13. The van der Waals surface area contributed by atoms with Crippen LogP contribution >= 0.6 is 0 Å². The van der Waals surface area contributed by atoms with E-state index >= 15 is 0 Å². The lowest BCUT2D eigenvalue weighted by atomic mass is 10.1. The number of nitrogens with one attached hydrogen (secondary N) is 1. The molecule has 1 unspecified atom stereocenters. The zero-order chi connectivity index (χ0) is 15.3. The normalized spacial score (nSPS) is 21.4. The van der Waals surface area contributed by atoms with Gasteiger partial charge in [0.05, 0.1) is 12.8 Å². The molecular formula is C18H32N2O. The fraction of sp³-hybridized carbons (Fsp3) is 0.778. The first-order chi connectivity index (χ1) is 9.99. The zero-order valence-corrected chi connectivity index (χ0v) is 14.2. The molecule has 3 heteroatoms. The maximum Gasteiger partial charge on any atom is 0.122 e. The molecule has 0 aliphatic carbocycles. The second-order valence-corrected chi connectivity index (χ2v) is 7.35. The van der Waals surface area contributed by atoms with Crippen LogP contribution in [0.25, 0.3) is 0 Å². The molecule has 0 spiro atoms. The van der Waals surface area contributed by atoms with E-state index < -0.39 is 0 Å². The molecule has 1 fully saturated rings. The van der Waals surface area contributed by atoms with Crippen molar-refractivity contribution < 1.29 is 4.42 Å². The van der Waals surface area contributed by atoms with Crippen LogP contribution in [-0.4, -0.2) is 23.0 Å². The number of hydrogen-bond donors (Lipinski definition) is 1. The Kier molecular flexibility index (Phi) is 5.88. The van der Waals surface area contributed by atoms with Gasteiger partial charge in [-0.2, -0.15) is 0 Å². The van der Waals surface area contributed by atoms with E-state index in [0.717, 1.165) is 24.9 Å². The summed E-state index contributed by atoms with van der Waals surface area (Å²) in [4.78, 5) is 2.67. The van der Waals surface area contributed by atoms with Crippen LogP contribution in [0.5, 0.6) is 0 Å². The number of furan rings is 1. The first-order valence-corrected chi connectivity index (χ1v) is 8.54. The molecule has 2 heterocycles. The van der Waals surface area contributed by atoms with Gasteiger partial charge in [0.25, 0.3) is 0 Å². The van der Waals surface area contributed by atoms with Gasteiger partial charge in [-0.15, -0.1) is 0 Å². The van der Waals surface area contributed by atoms with Gasteiger partial charge in [0.1, 0.15) is 5.76 Å². The monoisotopic (exact) mass is 292 g/mol. The average molecular weight is 292 g/mol.